The van der Waals surface area contributed by atoms with Crippen LogP contribution in [0.2, 0.25) is 0 Å². The first-order chi connectivity index (χ1) is 8.63. The van der Waals surface area contributed by atoms with Gasteiger partial charge in [-0.2, -0.15) is 10.9 Å². The molecule has 1 fully saturated rings. The molecule has 2 heterocycles. The number of aliphatic hydroxyl groups is 2. The van der Waals surface area contributed by atoms with Gasteiger partial charge in [0.2, 0.25) is 5.90 Å². The Labute approximate surface area is 105 Å². The summed E-state index contributed by atoms with van der Waals surface area (Å²) in [5, 5.41) is 18.6. The van der Waals surface area contributed by atoms with Gasteiger partial charge in [0.1, 0.15) is 11.9 Å². The molecular weight excluding hydrogens is 238 g/mol. The van der Waals surface area contributed by atoms with E-state index >= 15 is 0 Å². The monoisotopic (exact) mass is 255 g/mol. The largest absolute Gasteiger partial charge is 0.394 e. The predicted molar refractivity (Wildman–Crippen MR) is 64.1 cm³/mol. The van der Waals surface area contributed by atoms with Crippen LogP contribution >= 0.6 is 0 Å². The molecule has 0 amide bonds. The number of aliphatic hydroxyl groups excluding tert-OH is 2. The summed E-state index contributed by atoms with van der Waals surface area (Å²) in [6.45, 7) is 4.10. The fourth-order valence-corrected chi connectivity index (χ4v) is 2.02. The molecule has 18 heavy (non-hydrogen) atoms. The van der Waals surface area contributed by atoms with Crippen LogP contribution in [-0.2, 0) is 9.57 Å². The van der Waals surface area contributed by atoms with Crippen LogP contribution in [-0.4, -0.2) is 52.5 Å². The average Bonchev–Trinajstić information content (AvgIpc) is 2.72. The van der Waals surface area contributed by atoms with Gasteiger partial charge < -0.3 is 24.7 Å². The van der Waals surface area contributed by atoms with E-state index in [0.29, 0.717) is 18.8 Å². The van der Waals surface area contributed by atoms with Gasteiger partial charge in [-0.05, 0) is 0 Å². The number of hydrogen-bond donors (Lipinski definition) is 3. The lowest BCUT2D eigenvalue weighted by Crippen LogP contribution is -2.30. The Balaban J connectivity index is 1.91. The molecule has 0 aromatic rings. The van der Waals surface area contributed by atoms with E-state index in [0.717, 1.165) is 0 Å². The Morgan fingerprint density at radius 3 is 3.00 bits per heavy atom. The molecule has 0 saturated carbocycles. The Morgan fingerprint density at radius 1 is 1.67 bits per heavy atom. The summed E-state index contributed by atoms with van der Waals surface area (Å²) >= 11 is 0. The van der Waals surface area contributed by atoms with Crippen molar-refractivity contribution in [3.63, 3.8) is 0 Å². The number of ether oxygens (including phenoxy) is 1. The molecule has 4 N–H and O–H groups in total. The van der Waals surface area contributed by atoms with E-state index in [1.807, 2.05) is 0 Å². The molecule has 0 aliphatic carbocycles. The highest BCUT2D eigenvalue weighted by Crippen LogP contribution is 2.23. The summed E-state index contributed by atoms with van der Waals surface area (Å²) in [5.74, 6) is 5.78. The molecule has 7 heteroatoms. The van der Waals surface area contributed by atoms with E-state index in [-0.39, 0.29) is 18.6 Å². The molecule has 1 saturated heterocycles. The van der Waals surface area contributed by atoms with Crippen LogP contribution in [0, 0.1) is 0 Å². The Bertz CT molecular complexity index is 382. The van der Waals surface area contributed by atoms with Crippen molar-refractivity contribution in [3.05, 3.63) is 24.7 Å². The van der Waals surface area contributed by atoms with E-state index in [2.05, 4.69) is 16.4 Å². The standard InChI is InChI=1S/C11H17N3O4/c1-7-13-11(18-12)2-3-14(7)5-8-4-9(16)10(6-15)17-8/h2-3,8-10,15-16H,1,4-6,12H2/t8-,9?,10-/m1/s1. The van der Waals surface area contributed by atoms with Gasteiger partial charge in [-0.15, -0.1) is 0 Å². The van der Waals surface area contributed by atoms with Gasteiger partial charge in [0, 0.05) is 18.7 Å². The van der Waals surface area contributed by atoms with E-state index in [1.54, 1.807) is 17.2 Å². The van der Waals surface area contributed by atoms with Crippen molar-refractivity contribution in [1.82, 2.24) is 4.90 Å². The van der Waals surface area contributed by atoms with Gasteiger partial charge in [-0.1, -0.05) is 6.58 Å². The van der Waals surface area contributed by atoms with Crippen LogP contribution in [0.25, 0.3) is 0 Å². The molecule has 2 aliphatic rings. The fraction of sp³-hybridized carbons (Fsp3) is 0.545. The molecule has 2 rings (SSSR count). The summed E-state index contributed by atoms with van der Waals surface area (Å²) < 4.78 is 5.51. The van der Waals surface area contributed by atoms with Crippen LogP contribution in [0.3, 0.4) is 0 Å². The van der Waals surface area contributed by atoms with Gasteiger partial charge in [0.05, 0.1) is 25.4 Å². The highest BCUT2D eigenvalue weighted by molar-refractivity contribution is 5.88. The van der Waals surface area contributed by atoms with Crippen LogP contribution in [0.4, 0.5) is 0 Å². The van der Waals surface area contributed by atoms with E-state index in [9.17, 15) is 5.11 Å². The Morgan fingerprint density at radius 2 is 2.44 bits per heavy atom. The Hall–Kier alpha value is -1.41. The van der Waals surface area contributed by atoms with Crippen LogP contribution in [0.15, 0.2) is 29.7 Å². The van der Waals surface area contributed by atoms with Gasteiger partial charge in [-0.25, -0.2) is 0 Å². The number of rotatable bonds is 3. The molecule has 0 bridgehead atoms. The van der Waals surface area contributed by atoms with Crippen molar-refractivity contribution in [2.24, 2.45) is 10.9 Å². The van der Waals surface area contributed by atoms with Crippen LogP contribution in [0.5, 0.6) is 0 Å². The maximum absolute atomic E-state index is 9.63. The third kappa shape index (κ3) is 2.70. The molecule has 1 unspecified atom stereocenters. The second-order valence-electron chi connectivity index (χ2n) is 4.23. The highest BCUT2D eigenvalue weighted by Gasteiger charge is 2.34. The molecular formula is C11H17N3O4. The van der Waals surface area contributed by atoms with Gasteiger partial charge in [0.25, 0.3) is 0 Å². The smallest absolute Gasteiger partial charge is 0.240 e. The van der Waals surface area contributed by atoms with Crippen molar-refractivity contribution >= 4 is 5.90 Å². The van der Waals surface area contributed by atoms with Gasteiger partial charge in [-0.3, -0.25) is 0 Å². The maximum Gasteiger partial charge on any atom is 0.240 e. The fourth-order valence-electron chi connectivity index (χ4n) is 2.02. The average molecular weight is 255 g/mol. The first-order valence-electron chi connectivity index (χ1n) is 5.67. The van der Waals surface area contributed by atoms with Crippen molar-refractivity contribution in [2.45, 2.75) is 24.7 Å². The molecule has 3 atom stereocenters. The molecule has 100 valence electrons. The summed E-state index contributed by atoms with van der Waals surface area (Å²) in [6.07, 6.45) is 2.52. The minimum Gasteiger partial charge on any atom is -0.394 e. The summed E-state index contributed by atoms with van der Waals surface area (Å²) in [6, 6.07) is 0. The lowest BCUT2D eigenvalue weighted by atomic mass is 10.1. The lowest BCUT2D eigenvalue weighted by molar-refractivity contribution is -0.0256. The second kappa shape index (κ2) is 5.49. The van der Waals surface area contributed by atoms with Crippen molar-refractivity contribution in [3.8, 4) is 0 Å². The van der Waals surface area contributed by atoms with Gasteiger partial charge >= 0.3 is 0 Å². The molecule has 0 radical (unpaired) electrons. The van der Waals surface area contributed by atoms with Gasteiger partial charge in [0.15, 0.2) is 0 Å². The predicted octanol–water partition coefficient (Wildman–Crippen LogP) is -0.914. The molecule has 0 aromatic heterocycles. The minimum absolute atomic E-state index is 0.172. The quantitative estimate of drug-likeness (QED) is 0.564. The zero-order valence-electron chi connectivity index (χ0n) is 9.90. The van der Waals surface area contributed by atoms with E-state index < -0.39 is 12.2 Å². The topological polar surface area (TPSA) is 101 Å². The lowest BCUT2D eigenvalue weighted by Gasteiger charge is -2.25. The van der Waals surface area contributed by atoms with Crippen LogP contribution in [0.1, 0.15) is 6.42 Å². The van der Waals surface area contributed by atoms with E-state index in [4.69, 9.17) is 15.7 Å². The third-order valence-electron chi connectivity index (χ3n) is 2.97. The summed E-state index contributed by atoms with van der Waals surface area (Å²) in [7, 11) is 0. The van der Waals surface area contributed by atoms with Crippen molar-refractivity contribution in [2.75, 3.05) is 13.2 Å². The zero-order valence-corrected chi connectivity index (χ0v) is 9.90. The zero-order chi connectivity index (χ0) is 13.1. The number of aliphatic imine (C=N–C) groups is 1. The minimum atomic E-state index is -0.631. The number of hydrogen-bond acceptors (Lipinski definition) is 7. The number of nitrogens with two attached hydrogens (primary N) is 1. The second-order valence-corrected chi connectivity index (χ2v) is 4.23. The highest BCUT2D eigenvalue weighted by atomic mass is 16.6. The first kappa shape index (κ1) is 13.0. The summed E-state index contributed by atoms with van der Waals surface area (Å²) in [5.41, 5.74) is 0. The van der Waals surface area contributed by atoms with Crippen molar-refractivity contribution < 1.29 is 19.8 Å². The normalized spacial score (nSPS) is 31.7. The SMILES string of the molecule is C=C1N=C(ON)C=CN1C[C@H]1CC(O)[C@@H](CO)O1. The van der Waals surface area contributed by atoms with E-state index in [1.165, 1.54) is 0 Å². The maximum atomic E-state index is 9.63. The van der Waals surface area contributed by atoms with Crippen molar-refractivity contribution in [1.29, 1.82) is 0 Å². The summed E-state index contributed by atoms with van der Waals surface area (Å²) in [4.78, 5) is 10.3. The molecule has 0 spiro atoms. The third-order valence-corrected chi connectivity index (χ3v) is 2.97. The molecule has 7 nitrogen and oxygen atoms in total. The Kier molecular flexibility index (Phi) is 3.97. The first-order valence-corrected chi connectivity index (χ1v) is 5.67. The van der Waals surface area contributed by atoms with Crippen LogP contribution < -0.4 is 5.90 Å². The number of nitrogens with zero attached hydrogens (tertiary/aromatic N) is 2. The molecule has 2 aliphatic heterocycles. The molecule has 0 aromatic carbocycles.